The Morgan fingerprint density at radius 3 is 2.47 bits per heavy atom. The summed E-state index contributed by atoms with van der Waals surface area (Å²) in [5, 5.41) is 16.7. The van der Waals surface area contributed by atoms with Gasteiger partial charge in [-0.1, -0.05) is 20.3 Å². The van der Waals surface area contributed by atoms with Crippen LogP contribution in [0.3, 0.4) is 0 Å². The third kappa shape index (κ3) is 10.3. The molecule has 11 N–H and O–H groups in total. The van der Waals surface area contributed by atoms with E-state index in [0.29, 0.717) is 18.5 Å². The molecule has 4 unspecified atom stereocenters. The number of aromatic nitrogens is 2. The largest absolute Gasteiger partial charge is 0.480 e. The van der Waals surface area contributed by atoms with Crippen molar-refractivity contribution in [3.8, 4) is 0 Å². The van der Waals surface area contributed by atoms with Crippen molar-refractivity contribution in [3.63, 3.8) is 0 Å². The third-order valence-electron chi connectivity index (χ3n) is 5.13. The van der Waals surface area contributed by atoms with Crippen LogP contribution in [-0.4, -0.2) is 75.9 Å². The molecule has 0 spiro atoms. The summed E-state index contributed by atoms with van der Waals surface area (Å²) in [7, 11) is 0. The molecule has 0 bridgehead atoms. The lowest BCUT2D eigenvalue weighted by molar-refractivity contribution is -0.142. The lowest BCUT2D eigenvalue weighted by Crippen LogP contribution is -2.56. The topological polar surface area (TPSA) is 244 Å². The maximum atomic E-state index is 12.7. The Kier molecular flexibility index (Phi) is 12.1. The van der Waals surface area contributed by atoms with Gasteiger partial charge in [-0.05, 0) is 18.8 Å². The molecular formula is C20H35N9O5. The van der Waals surface area contributed by atoms with E-state index in [0.717, 1.165) is 0 Å². The van der Waals surface area contributed by atoms with Crippen LogP contribution < -0.4 is 33.2 Å². The molecule has 0 saturated heterocycles. The number of H-pyrrole nitrogens is 1. The second kappa shape index (κ2) is 14.5. The molecule has 0 aliphatic rings. The number of rotatable bonds is 15. The number of carboxylic acids is 1. The lowest BCUT2D eigenvalue weighted by Gasteiger charge is -2.25. The molecule has 0 radical (unpaired) electrons. The van der Waals surface area contributed by atoms with Crippen molar-refractivity contribution in [2.24, 2.45) is 28.1 Å². The lowest BCUT2D eigenvalue weighted by atomic mass is 9.97. The Bertz CT molecular complexity index is 839. The number of aliphatic imine (C=N–C) groups is 1. The summed E-state index contributed by atoms with van der Waals surface area (Å²) in [4.78, 5) is 59.3. The molecule has 34 heavy (non-hydrogen) atoms. The highest BCUT2D eigenvalue weighted by atomic mass is 16.4. The first-order chi connectivity index (χ1) is 16.0. The van der Waals surface area contributed by atoms with Crippen LogP contribution in [-0.2, 0) is 25.6 Å². The number of guanidine groups is 1. The maximum Gasteiger partial charge on any atom is 0.326 e. The first-order valence-electron chi connectivity index (χ1n) is 10.9. The summed E-state index contributed by atoms with van der Waals surface area (Å²) in [6.07, 6.45) is 4.25. The number of aliphatic carboxylic acids is 1. The van der Waals surface area contributed by atoms with Crippen LogP contribution >= 0.6 is 0 Å². The van der Waals surface area contributed by atoms with Crippen LogP contribution in [0.15, 0.2) is 17.5 Å². The molecule has 3 amide bonds. The standard InChI is InChI=1S/C20H35N9O5/c1-3-11(2)16(29-17(31)13(21)7-12-8-24-10-27-12)18(32)26-9-15(30)28-14(19(33)34)5-4-6-25-20(22)23/h8,10-11,13-14,16H,3-7,9,21H2,1-2H3,(H,24,27)(H,26,32)(H,28,30)(H,29,31)(H,33,34)(H4,22,23,25). The van der Waals surface area contributed by atoms with Gasteiger partial charge in [-0.25, -0.2) is 9.78 Å². The van der Waals surface area contributed by atoms with Gasteiger partial charge in [-0.2, -0.15) is 0 Å². The minimum atomic E-state index is -1.22. The predicted molar refractivity (Wildman–Crippen MR) is 124 cm³/mol. The number of hydrogen-bond acceptors (Lipinski definition) is 7. The minimum Gasteiger partial charge on any atom is -0.480 e. The Morgan fingerprint density at radius 1 is 1.21 bits per heavy atom. The highest BCUT2D eigenvalue weighted by molar-refractivity contribution is 5.92. The van der Waals surface area contributed by atoms with Crippen LogP contribution in [0.1, 0.15) is 38.8 Å². The number of carboxylic acid groups (broad SMARTS) is 1. The Labute approximate surface area is 197 Å². The maximum absolute atomic E-state index is 12.7. The second-order valence-electron chi connectivity index (χ2n) is 7.88. The van der Waals surface area contributed by atoms with Crippen molar-refractivity contribution >= 4 is 29.7 Å². The van der Waals surface area contributed by atoms with Crippen LogP contribution in [0.4, 0.5) is 0 Å². The average molecular weight is 482 g/mol. The Balaban J connectivity index is 2.61. The molecule has 0 aliphatic carbocycles. The van der Waals surface area contributed by atoms with Crippen LogP contribution in [0.25, 0.3) is 0 Å². The van der Waals surface area contributed by atoms with E-state index in [1.54, 1.807) is 13.1 Å². The molecule has 190 valence electrons. The zero-order valence-corrected chi connectivity index (χ0v) is 19.4. The average Bonchev–Trinajstić information content (AvgIpc) is 3.29. The van der Waals surface area contributed by atoms with Crippen molar-refractivity contribution < 1.29 is 24.3 Å². The van der Waals surface area contributed by atoms with E-state index in [9.17, 15) is 24.3 Å². The summed E-state index contributed by atoms with van der Waals surface area (Å²) in [5.41, 5.74) is 17.0. The minimum absolute atomic E-state index is 0.103. The van der Waals surface area contributed by atoms with E-state index < -0.39 is 48.4 Å². The highest BCUT2D eigenvalue weighted by Gasteiger charge is 2.28. The molecule has 14 heteroatoms. The molecule has 1 aromatic rings. The van der Waals surface area contributed by atoms with E-state index >= 15 is 0 Å². The number of amides is 3. The molecule has 0 aromatic carbocycles. The van der Waals surface area contributed by atoms with Gasteiger partial charge in [-0.3, -0.25) is 19.4 Å². The summed E-state index contributed by atoms with van der Waals surface area (Å²) in [6.45, 7) is 3.40. The van der Waals surface area contributed by atoms with Crippen LogP contribution in [0, 0.1) is 5.92 Å². The van der Waals surface area contributed by atoms with Crippen molar-refractivity contribution in [1.82, 2.24) is 25.9 Å². The van der Waals surface area contributed by atoms with E-state index in [-0.39, 0.29) is 31.3 Å². The van der Waals surface area contributed by atoms with Gasteiger partial charge in [0.2, 0.25) is 17.7 Å². The molecule has 1 rings (SSSR count). The van der Waals surface area contributed by atoms with E-state index in [1.807, 2.05) is 6.92 Å². The first-order valence-corrected chi connectivity index (χ1v) is 10.9. The summed E-state index contributed by atoms with van der Waals surface area (Å²) in [5.74, 6) is -3.36. The number of nitrogens with zero attached hydrogens (tertiary/aromatic N) is 2. The molecule has 14 nitrogen and oxygen atoms in total. The zero-order valence-electron chi connectivity index (χ0n) is 19.4. The van der Waals surface area contributed by atoms with Gasteiger partial charge in [0.05, 0.1) is 18.9 Å². The van der Waals surface area contributed by atoms with Gasteiger partial charge in [0, 0.05) is 24.9 Å². The van der Waals surface area contributed by atoms with Gasteiger partial charge >= 0.3 is 5.97 Å². The van der Waals surface area contributed by atoms with Crippen LogP contribution in [0.5, 0.6) is 0 Å². The molecule has 0 aliphatic heterocycles. The number of aromatic amines is 1. The molecule has 0 saturated carbocycles. The van der Waals surface area contributed by atoms with E-state index in [4.69, 9.17) is 17.2 Å². The second-order valence-corrected chi connectivity index (χ2v) is 7.88. The van der Waals surface area contributed by atoms with Gasteiger partial charge < -0.3 is 43.2 Å². The fourth-order valence-electron chi connectivity index (χ4n) is 2.97. The predicted octanol–water partition coefficient (Wildman–Crippen LogP) is -2.45. The third-order valence-corrected chi connectivity index (χ3v) is 5.13. The highest BCUT2D eigenvalue weighted by Crippen LogP contribution is 2.09. The SMILES string of the molecule is CCC(C)C(NC(=O)C(N)Cc1cnc[nH]1)C(=O)NCC(=O)NC(CCCN=C(N)N)C(=O)O. The zero-order chi connectivity index (χ0) is 25.7. The van der Waals surface area contributed by atoms with E-state index in [2.05, 4.69) is 30.9 Å². The number of nitrogens with one attached hydrogen (secondary N) is 4. The number of hydrogen-bond donors (Lipinski definition) is 8. The molecule has 4 atom stereocenters. The van der Waals surface area contributed by atoms with Crippen molar-refractivity contribution in [3.05, 3.63) is 18.2 Å². The summed E-state index contributed by atoms with van der Waals surface area (Å²) < 4.78 is 0. The van der Waals surface area contributed by atoms with Gasteiger partial charge in [0.25, 0.3) is 0 Å². The summed E-state index contributed by atoms with van der Waals surface area (Å²) >= 11 is 0. The fourth-order valence-corrected chi connectivity index (χ4v) is 2.97. The smallest absolute Gasteiger partial charge is 0.326 e. The fraction of sp³-hybridized carbons (Fsp3) is 0.600. The quantitative estimate of drug-likeness (QED) is 0.0751. The first kappa shape index (κ1) is 28.4. The van der Waals surface area contributed by atoms with Crippen molar-refractivity contribution in [2.75, 3.05) is 13.1 Å². The number of carbonyl (C=O) groups is 4. The van der Waals surface area contributed by atoms with Gasteiger partial charge in [0.1, 0.15) is 12.1 Å². The normalized spacial score (nSPS) is 14.2. The van der Waals surface area contributed by atoms with Crippen molar-refractivity contribution in [2.45, 2.75) is 57.7 Å². The molecule has 0 fully saturated rings. The number of imidazole rings is 1. The van der Waals surface area contributed by atoms with Crippen LogP contribution in [0.2, 0.25) is 0 Å². The van der Waals surface area contributed by atoms with Crippen molar-refractivity contribution in [1.29, 1.82) is 0 Å². The molecule has 1 heterocycles. The van der Waals surface area contributed by atoms with Gasteiger partial charge in [0.15, 0.2) is 5.96 Å². The Morgan fingerprint density at radius 2 is 1.91 bits per heavy atom. The Hall–Kier alpha value is -3.68. The van der Waals surface area contributed by atoms with E-state index in [1.165, 1.54) is 6.33 Å². The monoisotopic (exact) mass is 481 g/mol. The number of carbonyl (C=O) groups excluding carboxylic acids is 3. The number of nitrogens with two attached hydrogens (primary N) is 3. The van der Waals surface area contributed by atoms with Gasteiger partial charge in [-0.15, -0.1) is 0 Å². The summed E-state index contributed by atoms with van der Waals surface area (Å²) in [6, 6.07) is -2.99. The molecular weight excluding hydrogens is 446 g/mol. The molecule has 1 aromatic heterocycles.